The number of anilines is 1. The minimum absolute atomic E-state index is 0.0920. The van der Waals surface area contributed by atoms with Crippen molar-refractivity contribution in [3.05, 3.63) is 59.4 Å². The van der Waals surface area contributed by atoms with Gasteiger partial charge in [0, 0.05) is 41.9 Å². The highest BCUT2D eigenvalue weighted by molar-refractivity contribution is 7.99. The lowest BCUT2D eigenvalue weighted by molar-refractivity contribution is -0.196. The van der Waals surface area contributed by atoms with Crippen molar-refractivity contribution < 1.29 is 41.5 Å². The Hall–Kier alpha value is -3.81. The summed E-state index contributed by atoms with van der Waals surface area (Å²) in [5.41, 5.74) is -0.684. The van der Waals surface area contributed by atoms with Crippen LogP contribution in [0.3, 0.4) is 0 Å². The Bertz CT molecular complexity index is 1380. The molecule has 14 heteroatoms. The van der Waals surface area contributed by atoms with Crippen LogP contribution in [0.2, 0.25) is 0 Å². The molecule has 0 aromatic heterocycles. The zero-order valence-electron chi connectivity index (χ0n) is 21.8. The van der Waals surface area contributed by atoms with Crippen LogP contribution in [0.25, 0.3) is 0 Å². The van der Waals surface area contributed by atoms with E-state index in [-0.39, 0.29) is 24.8 Å². The summed E-state index contributed by atoms with van der Waals surface area (Å²) in [4.78, 5) is 53.6. The van der Waals surface area contributed by atoms with E-state index < -0.39 is 66.6 Å². The number of hydrogen-bond donors (Lipinski definition) is 2. The van der Waals surface area contributed by atoms with Crippen molar-refractivity contribution in [2.24, 2.45) is 5.92 Å². The topological polar surface area (TPSA) is 108 Å². The lowest BCUT2D eigenvalue weighted by Gasteiger charge is -2.34. The summed E-state index contributed by atoms with van der Waals surface area (Å²) in [6.45, 7) is -1.43. The fourth-order valence-corrected chi connectivity index (χ4v) is 6.37. The second-order valence-electron chi connectivity index (χ2n) is 10.1. The first-order chi connectivity index (χ1) is 19.4. The van der Waals surface area contributed by atoms with Gasteiger partial charge in [0.1, 0.15) is 18.4 Å². The number of rotatable bonds is 7. The van der Waals surface area contributed by atoms with Crippen molar-refractivity contribution in [3.8, 4) is 0 Å². The number of thioether (sulfide) groups is 1. The van der Waals surface area contributed by atoms with Crippen molar-refractivity contribution in [2.75, 3.05) is 24.7 Å². The number of carbonyl (C=O) groups excluding carboxylic acids is 4. The van der Waals surface area contributed by atoms with Crippen LogP contribution in [0.5, 0.6) is 0 Å². The quantitative estimate of drug-likeness (QED) is 0.454. The van der Waals surface area contributed by atoms with Crippen molar-refractivity contribution >= 4 is 41.4 Å². The molecule has 9 nitrogen and oxygen atoms in total. The lowest BCUT2D eigenvalue weighted by atomic mass is 9.89. The number of amides is 5. The Labute approximate surface area is 236 Å². The molecular formula is C27H26F4N4O5S. The summed E-state index contributed by atoms with van der Waals surface area (Å²) in [7, 11) is 1.45. The predicted octanol–water partition coefficient (Wildman–Crippen LogP) is 4.62. The fourth-order valence-electron chi connectivity index (χ4n) is 5.16. The summed E-state index contributed by atoms with van der Waals surface area (Å²) in [6, 6.07) is 6.84. The maximum absolute atomic E-state index is 14.2. The predicted molar refractivity (Wildman–Crippen MR) is 139 cm³/mol. The minimum atomic E-state index is -4.76. The summed E-state index contributed by atoms with van der Waals surface area (Å²) in [5.74, 6) is -2.96. The van der Waals surface area contributed by atoms with Crippen molar-refractivity contribution in [3.63, 3.8) is 0 Å². The first kappa shape index (κ1) is 28.7. The Morgan fingerprint density at radius 2 is 1.88 bits per heavy atom. The smallest absolute Gasteiger partial charge is 0.418 e. The fraction of sp³-hybridized carbons (Fsp3) is 0.407. The van der Waals surface area contributed by atoms with Gasteiger partial charge >= 0.3 is 18.3 Å². The van der Waals surface area contributed by atoms with E-state index in [2.05, 4.69) is 10.6 Å². The van der Waals surface area contributed by atoms with Crippen LogP contribution in [-0.4, -0.2) is 65.3 Å². The minimum Gasteiger partial charge on any atom is -0.427 e. The highest BCUT2D eigenvalue weighted by Crippen LogP contribution is 2.48. The van der Waals surface area contributed by atoms with Gasteiger partial charge in [0.15, 0.2) is 0 Å². The van der Waals surface area contributed by atoms with Gasteiger partial charge < -0.3 is 20.3 Å². The summed E-state index contributed by atoms with van der Waals surface area (Å²) in [5, 5.41) is 5.04. The van der Waals surface area contributed by atoms with Gasteiger partial charge in [-0.2, -0.15) is 13.2 Å². The van der Waals surface area contributed by atoms with Crippen LogP contribution in [0.1, 0.15) is 30.4 Å². The van der Waals surface area contributed by atoms with Gasteiger partial charge in [-0.3, -0.25) is 9.59 Å². The van der Waals surface area contributed by atoms with E-state index in [0.29, 0.717) is 31.7 Å². The van der Waals surface area contributed by atoms with Gasteiger partial charge in [0.25, 0.3) is 5.91 Å². The number of nitrogens with zero attached hydrogens (tertiary/aromatic N) is 2. The van der Waals surface area contributed by atoms with E-state index in [4.69, 9.17) is 4.74 Å². The summed E-state index contributed by atoms with van der Waals surface area (Å²) in [6.07, 6.45) is -5.25. The standard InChI is InChI=1S/C27H26F4N4O5S/c1-32-24(38)33-18-8-9-19-20(12-18)41-11-10-26(19)23(37)35(25(39)40-26)14-21(36)34(13-15-2-6-17(28)7-3-15)22(16-4-5-16)27(29,30)31/h2-3,6-9,12,16,22H,4-5,10-11,13-14H2,1H3,(H2,32,33,38)/t22-,26?/m0/s1. The maximum atomic E-state index is 14.2. The third kappa shape index (κ3) is 5.69. The average molecular weight is 595 g/mol. The molecule has 41 heavy (non-hydrogen) atoms. The molecule has 1 unspecified atom stereocenters. The Balaban J connectivity index is 1.41. The molecule has 2 aliphatic heterocycles. The number of urea groups is 1. The average Bonchev–Trinajstić information content (AvgIpc) is 3.72. The molecule has 1 saturated carbocycles. The lowest BCUT2D eigenvalue weighted by Crippen LogP contribution is -2.53. The molecule has 2 aromatic carbocycles. The number of carbonyl (C=O) groups is 4. The van der Waals surface area contributed by atoms with Crippen LogP contribution in [0, 0.1) is 11.7 Å². The molecule has 2 N–H and O–H groups in total. The Morgan fingerprint density at radius 1 is 1.17 bits per heavy atom. The number of fused-ring (bicyclic) bond motifs is 2. The number of nitrogens with one attached hydrogen (secondary N) is 2. The van der Waals surface area contributed by atoms with Crippen LogP contribution in [0.4, 0.5) is 32.8 Å². The first-order valence-electron chi connectivity index (χ1n) is 12.8. The molecule has 5 amide bonds. The number of imide groups is 1. The molecular weight excluding hydrogens is 568 g/mol. The first-order valence-corrected chi connectivity index (χ1v) is 13.8. The van der Waals surface area contributed by atoms with Crippen molar-refractivity contribution in [1.82, 2.24) is 15.1 Å². The van der Waals surface area contributed by atoms with Crippen molar-refractivity contribution in [1.29, 1.82) is 0 Å². The van der Waals surface area contributed by atoms with Crippen LogP contribution in [0.15, 0.2) is 47.4 Å². The zero-order valence-corrected chi connectivity index (χ0v) is 22.6. The number of benzene rings is 2. The molecule has 218 valence electrons. The van der Waals surface area contributed by atoms with E-state index in [0.717, 1.165) is 12.1 Å². The SMILES string of the molecule is CNC(=O)Nc1ccc2c(c1)SCCC21OC(=O)N(CC(=O)N(Cc2ccc(F)cc2)[C@@H](C2CC2)C(F)(F)F)C1=O. The van der Waals surface area contributed by atoms with E-state index in [1.54, 1.807) is 6.07 Å². The maximum Gasteiger partial charge on any atom is 0.418 e. The second-order valence-corrected chi connectivity index (χ2v) is 11.2. The largest absolute Gasteiger partial charge is 0.427 e. The van der Waals surface area contributed by atoms with Gasteiger partial charge in [0.2, 0.25) is 11.5 Å². The monoisotopic (exact) mass is 594 g/mol. The van der Waals surface area contributed by atoms with Gasteiger partial charge in [-0.25, -0.2) is 18.9 Å². The van der Waals surface area contributed by atoms with E-state index in [9.17, 15) is 36.7 Å². The van der Waals surface area contributed by atoms with Crippen LogP contribution in [-0.2, 0) is 26.5 Å². The molecule has 2 heterocycles. The Morgan fingerprint density at radius 3 is 2.51 bits per heavy atom. The zero-order chi connectivity index (χ0) is 29.5. The molecule has 2 aromatic rings. The molecule has 5 rings (SSSR count). The molecule has 2 fully saturated rings. The van der Waals surface area contributed by atoms with E-state index >= 15 is 0 Å². The summed E-state index contributed by atoms with van der Waals surface area (Å²) >= 11 is 1.38. The second kappa shape index (κ2) is 10.9. The van der Waals surface area contributed by atoms with Gasteiger partial charge in [-0.05, 0) is 48.6 Å². The van der Waals surface area contributed by atoms with E-state index in [1.165, 1.54) is 43.1 Å². The van der Waals surface area contributed by atoms with Gasteiger partial charge in [-0.1, -0.05) is 18.2 Å². The van der Waals surface area contributed by atoms with Gasteiger partial charge in [-0.15, -0.1) is 11.8 Å². The molecule has 1 aliphatic carbocycles. The molecule has 3 aliphatic rings. The third-order valence-electron chi connectivity index (χ3n) is 7.31. The van der Waals surface area contributed by atoms with E-state index in [1.807, 2.05) is 0 Å². The molecule has 0 radical (unpaired) electrons. The molecule has 2 atom stereocenters. The normalized spacial score (nSPS) is 20.9. The molecule has 1 spiro atoms. The highest BCUT2D eigenvalue weighted by atomic mass is 32.2. The Kier molecular flexibility index (Phi) is 7.62. The molecule has 0 bridgehead atoms. The number of ether oxygens (including phenoxy) is 1. The van der Waals surface area contributed by atoms with Crippen molar-refractivity contribution in [2.45, 2.75) is 48.5 Å². The number of hydrogen-bond acceptors (Lipinski definition) is 6. The highest BCUT2D eigenvalue weighted by Gasteiger charge is 2.58. The summed E-state index contributed by atoms with van der Waals surface area (Å²) < 4.78 is 61.5. The van der Waals surface area contributed by atoms with Crippen LogP contribution < -0.4 is 10.6 Å². The number of halogens is 4. The van der Waals surface area contributed by atoms with Crippen LogP contribution >= 0.6 is 11.8 Å². The molecule has 1 saturated heterocycles. The third-order valence-corrected chi connectivity index (χ3v) is 8.36. The van der Waals surface area contributed by atoms with Gasteiger partial charge in [0.05, 0.1) is 0 Å². The number of alkyl halides is 3.